The van der Waals surface area contributed by atoms with Gasteiger partial charge in [-0.25, -0.2) is 0 Å². The van der Waals surface area contributed by atoms with E-state index < -0.39 is 0 Å². The van der Waals surface area contributed by atoms with Crippen LogP contribution in [0.1, 0.15) is 61.5 Å². The van der Waals surface area contributed by atoms with E-state index in [0.717, 1.165) is 31.4 Å². The van der Waals surface area contributed by atoms with Crippen LogP contribution in [0.25, 0.3) is 0 Å². The zero-order chi connectivity index (χ0) is 13.9. The van der Waals surface area contributed by atoms with E-state index in [4.69, 9.17) is 0 Å². The van der Waals surface area contributed by atoms with Crippen molar-refractivity contribution in [3.8, 4) is 0 Å². The molecule has 4 nitrogen and oxygen atoms in total. The van der Waals surface area contributed by atoms with Gasteiger partial charge in [0.1, 0.15) is 5.69 Å². The van der Waals surface area contributed by atoms with Gasteiger partial charge in [0.05, 0.1) is 6.10 Å². The molecule has 20 heavy (non-hydrogen) atoms. The minimum absolute atomic E-state index is 0.0296. The van der Waals surface area contributed by atoms with Gasteiger partial charge < -0.3 is 15.0 Å². The Bertz CT molecular complexity index is 465. The van der Waals surface area contributed by atoms with Crippen LogP contribution in [-0.4, -0.2) is 28.2 Å². The summed E-state index contributed by atoms with van der Waals surface area (Å²) >= 11 is 0. The standard InChI is InChI=1S/C16H24N2O2/c19-14-7-1-4-12(10-14)11-17-16(20)15-8-3-9-18(15)13-5-2-6-13/h3,8-9,12-14,19H,1-2,4-7,10-11H2,(H,17,20). The number of hydrogen-bond acceptors (Lipinski definition) is 2. The van der Waals surface area contributed by atoms with Crippen LogP contribution in [-0.2, 0) is 0 Å². The van der Waals surface area contributed by atoms with Crippen LogP contribution >= 0.6 is 0 Å². The predicted molar refractivity (Wildman–Crippen MR) is 77.6 cm³/mol. The van der Waals surface area contributed by atoms with Gasteiger partial charge >= 0.3 is 0 Å². The molecule has 1 heterocycles. The fourth-order valence-electron chi connectivity index (χ4n) is 3.35. The first kappa shape index (κ1) is 13.7. The Balaban J connectivity index is 1.55. The molecular weight excluding hydrogens is 252 g/mol. The summed E-state index contributed by atoms with van der Waals surface area (Å²) in [5.74, 6) is 0.455. The van der Waals surface area contributed by atoms with Gasteiger partial charge in [0.2, 0.25) is 0 Å². The summed E-state index contributed by atoms with van der Waals surface area (Å²) in [5, 5.41) is 12.7. The first-order valence-electron chi connectivity index (χ1n) is 7.87. The largest absolute Gasteiger partial charge is 0.393 e. The SMILES string of the molecule is O=C(NCC1CCCC(O)C1)c1cccn1C1CCC1. The van der Waals surface area contributed by atoms with Crippen molar-refractivity contribution >= 4 is 5.91 Å². The van der Waals surface area contributed by atoms with Crippen LogP contribution in [0, 0.1) is 5.92 Å². The molecule has 0 radical (unpaired) electrons. The molecule has 110 valence electrons. The van der Waals surface area contributed by atoms with Crippen molar-refractivity contribution in [1.82, 2.24) is 9.88 Å². The van der Waals surface area contributed by atoms with E-state index in [9.17, 15) is 9.90 Å². The molecule has 4 heteroatoms. The molecule has 2 unspecified atom stereocenters. The lowest BCUT2D eigenvalue weighted by Gasteiger charge is -2.29. The van der Waals surface area contributed by atoms with E-state index in [1.165, 1.54) is 19.3 Å². The van der Waals surface area contributed by atoms with Gasteiger partial charge in [-0.1, -0.05) is 6.42 Å². The van der Waals surface area contributed by atoms with Gasteiger partial charge in [0, 0.05) is 18.8 Å². The van der Waals surface area contributed by atoms with Gasteiger partial charge in [-0.05, 0) is 56.6 Å². The fraction of sp³-hybridized carbons (Fsp3) is 0.688. The number of nitrogens with one attached hydrogen (secondary N) is 1. The fourth-order valence-corrected chi connectivity index (χ4v) is 3.35. The van der Waals surface area contributed by atoms with Crippen molar-refractivity contribution in [2.24, 2.45) is 5.92 Å². The topological polar surface area (TPSA) is 54.3 Å². The van der Waals surface area contributed by atoms with Crippen molar-refractivity contribution < 1.29 is 9.90 Å². The Hall–Kier alpha value is -1.29. The number of aliphatic hydroxyl groups excluding tert-OH is 1. The number of amides is 1. The Labute approximate surface area is 120 Å². The number of aromatic nitrogens is 1. The number of carbonyl (C=O) groups excluding carboxylic acids is 1. The lowest BCUT2D eigenvalue weighted by molar-refractivity contribution is 0.0863. The molecular formula is C16H24N2O2. The summed E-state index contributed by atoms with van der Waals surface area (Å²) in [5.41, 5.74) is 0.783. The molecule has 2 aliphatic rings. The second-order valence-electron chi connectivity index (χ2n) is 6.28. The van der Waals surface area contributed by atoms with Gasteiger partial charge in [-0.3, -0.25) is 4.79 Å². The molecule has 1 amide bonds. The summed E-state index contributed by atoms with van der Waals surface area (Å²) in [6.45, 7) is 0.686. The zero-order valence-electron chi connectivity index (χ0n) is 11.9. The average Bonchev–Trinajstić information content (AvgIpc) is 2.83. The Morgan fingerprint density at radius 2 is 2.10 bits per heavy atom. The maximum absolute atomic E-state index is 12.3. The zero-order valence-corrected chi connectivity index (χ0v) is 11.9. The highest BCUT2D eigenvalue weighted by atomic mass is 16.3. The molecule has 2 saturated carbocycles. The molecule has 0 aliphatic heterocycles. The summed E-state index contributed by atoms with van der Waals surface area (Å²) in [6.07, 6.45) is 9.39. The summed E-state index contributed by atoms with van der Waals surface area (Å²) in [4.78, 5) is 12.3. The second kappa shape index (κ2) is 6.00. The maximum Gasteiger partial charge on any atom is 0.267 e. The third-order valence-electron chi connectivity index (χ3n) is 4.79. The maximum atomic E-state index is 12.3. The molecule has 2 fully saturated rings. The van der Waals surface area contributed by atoms with E-state index in [-0.39, 0.29) is 12.0 Å². The molecule has 0 spiro atoms. The van der Waals surface area contributed by atoms with Crippen molar-refractivity contribution in [1.29, 1.82) is 0 Å². The summed E-state index contributed by atoms with van der Waals surface area (Å²) < 4.78 is 2.12. The first-order chi connectivity index (χ1) is 9.74. The second-order valence-corrected chi connectivity index (χ2v) is 6.28. The molecule has 1 aromatic rings. The Kier molecular flexibility index (Phi) is 4.10. The van der Waals surface area contributed by atoms with E-state index in [2.05, 4.69) is 9.88 Å². The van der Waals surface area contributed by atoms with E-state index in [1.54, 1.807) is 0 Å². The van der Waals surface area contributed by atoms with E-state index in [0.29, 0.717) is 18.5 Å². The Morgan fingerprint density at radius 1 is 1.30 bits per heavy atom. The highest BCUT2D eigenvalue weighted by Gasteiger charge is 2.24. The van der Waals surface area contributed by atoms with Gasteiger partial charge in [0.25, 0.3) is 5.91 Å². The normalized spacial score (nSPS) is 27.1. The summed E-state index contributed by atoms with van der Waals surface area (Å²) in [7, 11) is 0. The minimum atomic E-state index is -0.176. The monoisotopic (exact) mass is 276 g/mol. The van der Waals surface area contributed by atoms with Crippen LogP contribution < -0.4 is 5.32 Å². The highest BCUT2D eigenvalue weighted by Crippen LogP contribution is 2.32. The lowest BCUT2D eigenvalue weighted by Crippen LogP contribution is -2.34. The molecule has 0 bridgehead atoms. The van der Waals surface area contributed by atoms with Crippen molar-refractivity contribution in [2.75, 3.05) is 6.54 Å². The van der Waals surface area contributed by atoms with Crippen molar-refractivity contribution in [3.63, 3.8) is 0 Å². The van der Waals surface area contributed by atoms with Crippen LogP contribution in [0.5, 0.6) is 0 Å². The number of nitrogens with zero attached hydrogens (tertiary/aromatic N) is 1. The van der Waals surface area contributed by atoms with E-state index >= 15 is 0 Å². The van der Waals surface area contributed by atoms with Crippen LogP contribution in [0.4, 0.5) is 0 Å². The smallest absolute Gasteiger partial charge is 0.267 e. The van der Waals surface area contributed by atoms with Gasteiger partial charge in [0.15, 0.2) is 0 Å². The number of rotatable bonds is 4. The van der Waals surface area contributed by atoms with Crippen LogP contribution in [0.15, 0.2) is 18.3 Å². The van der Waals surface area contributed by atoms with Crippen molar-refractivity contribution in [3.05, 3.63) is 24.0 Å². The molecule has 3 rings (SSSR count). The first-order valence-corrected chi connectivity index (χ1v) is 7.87. The Morgan fingerprint density at radius 3 is 2.80 bits per heavy atom. The van der Waals surface area contributed by atoms with Crippen LogP contribution in [0.3, 0.4) is 0 Å². The third kappa shape index (κ3) is 2.90. The molecule has 0 saturated heterocycles. The predicted octanol–water partition coefficient (Wildman–Crippen LogP) is 2.49. The highest BCUT2D eigenvalue weighted by molar-refractivity contribution is 5.92. The number of aliphatic hydroxyl groups is 1. The molecule has 2 N–H and O–H groups in total. The molecule has 2 aliphatic carbocycles. The average molecular weight is 276 g/mol. The molecule has 2 atom stereocenters. The molecule has 1 aromatic heterocycles. The van der Waals surface area contributed by atoms with Gasteiger partial charge in [-0.15, -0.1) is 0 Å². The third-order valence-corrected chi connectivity index (χ3v) is 4.79. The number of hydrogen-bond donors (Lipinski definition) is 2. The van der Waals surface area contributed by atoms with Crippen LogP contribution in [0.2, 0.25) is 0 Å². The number of carbonyl (C=O) groups is 1. The molecule has 0 aromatic carbocycles. The summed E-state index contributed by atoms with van der Waals surface area (Å²) in [6, 6.07) is 4.38. The van der Waals surface area contributed by atoms with Gasteiger partial charge in [-0.2, -0.15) is 0 Å². The minimum Gasteiger partial charge on any atom is -0.393 e. The quantitative estimate of drug-likeness (QED) is 0.887. The van der Waals surface area contributed by atoms with E-state index in [1.807, 2.05) is 18.3 Å². The van der Waals surface area contributed by atoms with Crippen molar-refractivity contribution in [2.45, 2.75) is 57.1 Å². The lowest BCUT2D eigenvalue weighted by atomic mass is 9.87.